The molecule has 0 bridgehead atoms. The Kier molecular flexibility index (Phi) is 4.07. The zero-order valence-electron chi connectivity index (χ0n) is 9.77. The van der Waals surface area contributed by atoms with Crippen molar-refractivity contribution < 1.29 is 4.79 Å². The van der Waals surface area contributed by atoms with Crippen LogP contribution in [0.25, 0.3) is 6.08 Å². The summed E-state index contributed by atoms with van der Waals surface area (Å²) in [6.07, 6.45) is 4.80. The predicted octanol–water partition coefficient (Wildman–Crippen LogP) is 3.58. The molecule has 0 atom stereocenters. The van der Waals surface area contributed by atoms with Crippen LogP contribution in [-0.2, 0) is 11.2 Å². The maximum Gasteiger partial charge on any atom is 0.244 e. The van der Waals surface area contributed by atoms with Crippen LogP contribution in [0.5, 0.6) is 0 Å². The Morgan fingerprint density at radius 3 is 2.59 bits per heavy atom. The third-order valence-corrected chi connectivity index (χ3v) is 4.32. The summed E-state index contributed by atoms with van der Waals surface area (Å²) in [7, 11) is 0. The minimum absolute atomic E-state index is 0.0360. The topological polar surface area (TPSA) is 29.4 Å². The summed E-state index contributed by atoms with van der Waals surface area (Å²) in [4.78, 5) is 15.9. The molecular weight excluding hydrogens is 250 g/mol. The Morgan fingerprint density at radius 1 is 1.35 bits per heavy atom. The van der Waals surface area contributed by atoms with Crippen LogP contribution in [0, 0.1) is 0 Å². The maximum atomic E-state index is 11.6. The van der Waals surface area contributed by atoms with Crippen molar-refractivity contribution in [2.24, 2.45) is 4.99 Å². The van der Waals surface area contributed by atoms with Gasteiger partial charge in [-0.3, -0.25) is 4.79 Å². The Morgan fingerprint density at radius 2 is 2.06 bits per heavy atom. The lowest BCUT2D eigenvalue weighted by molar-refractivity contribution is -0.107. The SMILES string of the molecule is CCc1ccc(/C=C2\N=C(SC)SC2=O)cc1. The van der Waals surface area contributed by atoms with Gasteiger partial charge in [0.25, 0.3) is 0 Å². The fraction of sp³-hybridized carbons (Fsp3) is 0.231. The van der Waals surface area contributed by atoms with Crippen LogP contribution in [0.2, 0.25) is 0 Å². The molecule has 1 aromatic rings. The number of benzene rings is 1. The minimum atomic E-state index is 0.0360. The first-order valence-corrected chi connectivity index (χ1v) is 7.42. The molecule has 1 aromatic carbocycles. The molecule has 1 aliphatic heterocycles. The van der Waals surface area contributed by atoms with Crippen molar-refractivity contribution in [1.29, 1.82) is 0 Å². The van der Waals surface area contributed by atoms with Crippen molar-refractivity contribution >= 4 is 39.1 Å². The smallest absolute Gasteiger partial charge is 0.244 e. The lowest BCUT2D eigenvalue weighted by Crippen LogP contribution is -1.88. The van der Waals surface area contributed by atoms with E-state index in [-0.39, 0.29) is 5.12 Å². The summed E-state index contributed by atoms with van der Waals surface area (Å²) >= 11 is 2.71. The second-order valence-corrected chi connectivity index (χ2v) is 5.61. The van der Waals surface area contributed by atoms with E-state index in [0.717, 1.165) is 16.4 Å². The van der Waals surface area contributed by atoms with Crippen molar-refractivity contribution in [2.75, 3.05) is 6.26 Å². The van der Waals surface area contributed by atoms with Gasteiger partial charge in [0.2, 0.25) is 5.12 Å². The molecular formula is C13H13NOS2. The molecule has 0 fully saturated rings. The third kappa shape index (κ3) is 3.01. The van der Waals surface area contributed by atoms with Gasteiger partial charge in [-0.2, -0.15) is 0 Å². The quantitative estimate of drug-likeness (QED) is 0.764. The number of rotatable bonds is 2. The average Bonchev–Trinajstić information content (AvgIpc) is 2.71. The molecule has 88 valence electrons. The standard InChI is InChI=1S/C13H13NOS2/c1-3-9-4-6-10(7-5-9)8-11-12(15)17-13(14-11)16-2/h4-8H,3H2,1-2H3/b11-8-. The highest BCUT2D eigenvalue weighted by Crippen LogP contribution is 2.29. The molecule has 1 heterocycles. The predicted molar refractivity (Wildman–Crippen MR) is 77.3 cm³/mol. The molecule has 0 spiro atoms. The van der Waals surface area contributed by atoms with Crippen LogP contribution in [-0.4, -0.2) is 15.7 Å². The summed E-state index contributed by atoms with van der Waals surface area (Å²) < 4.78 is 0.825. The molecule has 4 heteroatoms. The van der Waals surface area contributed by atoms with Gasteiger partial charge in [0, 0.05) is 0 Å². The van der Waals surface area contributed by atoms with Crippen molar-refractivity contribution in [2.45, 2.75) is 13.3 Å². The van der Waals surface area contributed by atoms with Gasteiger partial charge in [0.1, 0.15) is 10.1 Å². The summed E-state index contributed by atoms with van der Waals surface area (Å²) in [5, 5.41) is 0.0360. The van der Waals surface area contributed by atoms with E-state index in [1.807, 2.05) is 24.5 Å². The Hall–Kier alpha value is -1.00. The van der Waals surface area contributed by atoms with Gasteiger partial charge in [-0.25, -0.2) is 4.99 Å². The fourth-order valence-corrected chi connectivity index (χ4v) is 2.75. The maximum absolute atomic E-state index is 11.6. The van der Waals surface area contributed by atoms with Crippen LogP contribution in [0.15, 0.2) is 35.0 Å². The van der Waals surface area contributed by atoms with Crippen LogP contribution in [0.4, 0.5) is 0 Å². The lowest BCUT2D eigenvalue weighted by atomic mass is 10.1. The normalized spacial score (nSPS) is 17.6. The van der Waals surface area contributed by atoms with E-state index in [9.17, 15) is 4.79 Å². The van der Waals surface area contributed by atoms with Crippen LogP contribution in [0.3, 0.4) is 0 Å². The largest absolute Gasteiger partial charge is 0.279 e. The first kappa shape index (κ1) is 12.5. The van der Waals surface area contributed by atoms with Gasteiger partial charge >= 0.3 is 0 Å². The van der Waals surface area contributed by atoms with Crippen molar-refractivity contribution in [1.82, 2.24) is 0 Å². The lowest BCUT2D eigenvalue weighted by Gasteiger charge is -1.97. The molecule has 0 aliphatic carbocycles. The van der Waals surface area contributed by atoms with Gasteiger partial charge < -0.3 is 0 Å². The Bertz CT molecular complexity index is 489. The van der Waals surface area contributed by atoms with Crippen LogP contribution >= 0.6 is 23.5 Å². The second kappa shape index (κ2) is 5.56. The highest BCUT2D eigenvalue weighted by Gasteiger charge is 2.21. The number of thioether (sulfide) groups is 2. The number of carbonyl (C=O) groups excluding carboxylic acids is 1. The highest BCUT2D eigenvalue weighted by atomic mass is 32.2. The van der Waals surface area contributed by atoms with Gasteiger partial charge in [0.15, 0.2) is 0 Å². The Balaban J connectivity index is 2.23. The van der Waals surface area contributed by atoms with E-state index in [4.69, 9.17) is 0 Å². The van der Waals surface area contributed by atoms with E-state index < -0.39 is 0 Å². The average molecular weight is 263 g/mol. The second-order valence-electron chi connectivity index (χ2n) is 3.60. The number of nitrogens with zero attached hydrogens (tertiary/aromatic N) is 1. The molecule has 0 amide bonds. The summed E-state index contributed by atoms with van der Waals surface area (Å²) in [5.41, 5.74) is 2.87. The van der Waals surface area contributed by atoms with Crippen LogP contribution < -0.4 is 0 Å². The number of hydrogen-bond acceptors (Lipinski definition) is 4. The van der Waals surface area contributed by atoms with Crippen LogP contribution in [0.1, 0.15) is 18.1 Å². The molecule has 0 unspecified atom stereocenters. The van der Waals surface area contributed by atoms with Crippen molar-refractivity contribution in [3.8, 4) is 0 Å². The monoisotopic (exact) mass is 263 g/mol. The van der Waals surface area contributed by atoms with E-state index in [2.05, 4.69) is 24.0 Å². The first-order valence-electron chi connectivity index (χ1n) is 5.38. The van der Waals surface area contributed by atoms with Crippen molar-refractivity contribution in [3.63, 3.8) is 0 Å². The summed E-state index contributed by atoms with van der Waals surface area (Å²) in [6, 6.07) is 8.21. The van der Waals surface area contributed by atoms with E-state index in [1.54, 1.807) is 0 Å². The van der Waals surface area contributed by atoms with Gasteiger partial charge in [-0.15, -0.1) is 11.8 Å². The summed E-state index contributed by atoms with van der Waals surface area (Å²) in [5.74, 6) is 0. The van der Waals surface area contributed by atoms with E-state index in [0.29, 0.717) is 5.70 Å². The molecule has 1 aliphatic rings. The van der Waals surface area contributed by atoms with Gasteiger partial charge in [-0.1, -0.05) is 31.2 Å². The minimum Gasteiger partial charge on any atom is -0.279 e. The number of hydrogen-bond donors (Lipinski definition) is 0. The zero-order chi connectivity index (χ0) is 12.3. The number of carbonyl (C=O) groups is 1. The van der Waals surface area contributed by atoms with E-state index in [1.165, 1.54) is 29.1 Å². The molecule has 17 heavy (non-hydrogen) atoms. The number of aliphatic imine (C=N–C) groups is 1. The molecule has 0 saturated carbocycles. The molecule has 0 N–H and O–H groups in total. The summed E-state index contributed by atoms with van der Waals surface area (Å²) in [6.45, 7) is 2.12. The fourth-order valence-electron chi connectivity index (χ4n) is 1.48. The molecule has 0 aromatic heterocycles. The number of aryl methyl sites for hydroxylation is 1. The van der Waals surface area contributed by atoms with E-state index >= 15 is 0 Å². The highest BCUT2D eigenvalue weighted by molar-refractivity contribution is 8.45. The van der Waals surface area contributed by atoms with Gasteiger partial charge in [0.05, 0.1) is 0 Å². The Labute approximate surface area is 110 Å². The van der Waals surface area contributed by atoms with Gasteiger partial charge in [-0.05, 0) is 41.6 Å². The molecule has 2 rings (SSSR count). The van der Waals surface area contributed by atoms with Crippen molar-refractivity contribution in [3.05, 3.63) is 41.1 Å². The first-order chi connectivity index (χ1) is 8.22. The molecule has 0 radical (unpaired) electrons. The molecule has 0 saturated heterocycles. The third-order valence-electron chi connectivity index (χ3n) is 2.47. The zero-order valence-corrected chi connectivity index (χ0v) is 11.4. The molecule has 2 nitrogen and oxygen atoms in total.